The Bertz CT molecular complexity index is 1180. The molecular weight excluding hydrogens is 384 g/mol. The van der Waals surface area contributed by atoms with E-state index in [1.807, 2.05) is 61.5 Å². The Morgan fingerprint density at radius 3 is 2.28 bits per heavy atom. The second-order valence-corrected chi connectivity index (χ2v) is 8.69. The summed E-state index contributed by atoms with van der Waals surface area (Å²) in [5, 5.41) is 2.95. The van der Waals surface area contributed by atoms with Gasteiger partial charge in [-0.1, -0.05) is 60.2 Å². The van der Waals surface area contributed by atoms with Crippen LogP contribution in [0.25, 0.3) is 0 Å². The van der Waals surface area contributed by atoms with Gasteiger partial charge in [-0.25, -0.2) is 8.42 Å². The number of benzene rings is 3. The van der Waals surface area contributed by atoms with Crippen LogP contribution < -0.4 is 9.62 Å². The molecule has 4 rings (SSSR count). The molecule has 3 aromatic rings. The summed E-state index contributed by atoms with van der Waals surface area (Å²) < 4.78 is 28.0. The minimum atomic E-state index is -4.02. The third-order valence-electron chi connectivity index (χ3n) is 4.80. The second kappa shape index (κ2) is 7.56. The molecule has 1 aliphatic rings. The summed E-state index contributed by atoms with van der Waals surface area (Å²) in [5.74, 6) is -0.510. The molecule has 0 saturated carbocycles. The van der Waals surface area contributed by atoms with Gasteiger partial charge in [0.2, 0.25) is 5.78 Å². The number of hydrogen-bond acceptors (Lipinski definition) is 4. The average molecular weight is 404 g/mol. The molecular formula is C23H20N2O3S. The Labute approximate surface area is 170 Å². The van der Waals surface area contributed by atoms with Crippen LogP contribution in [0.4, 0.5) is 11.4 Å². The highest BCUT2D eigenvalue weighted by atomic mass is 32.2. The molecule has 3 aromatic carbocycles. The largest absolute Gasteiger partial charge is 0.360 e. The number of para-hydroxylation sites is 1. The van der Waals surface area contributed by atoms with Crippen molar-refractivity contribution in [2.45, 2.75) is 13.5 Å². The molecule has 0 saturated heterocycles. The summed E-state index contributed by atoms with van der Waals surface area (Å²) in [7, 11) is -4.02. The highest BCUT2D eigenvalue weighted by molar-refractivity contribution is 7.97. The van der Waals surface area contributed by atoms with Crippen LogP contribution in [-0.4, -0.2) is 14.2 Å². The maximum absolute atomic E-state index is 13.4. The lowest BCUT2D eigenvalue weighted by atomic mass is 10.1. The Hall–Kier alpha value is -3.38. The number of sulfonamides is 1. The number of nitrogens with zero attached hydrogens (tertiary/aromatic N) is 1. The quantitative estimate of drug-likeness (QED) is 0.651. The van der Waals surface area contributed by atoms with Gasteiger partial charge >= 0.3 is 0 Å². The van der Waals surface area contributed by atoms with Crippen molar-refractivity contribution in [3.05, 3.63) is 107 Å². The normalized spacial score (nSPS) is 16.5. The fourth-order valence-electron chi connectivity index (χ4n) is 3.24. The monoisotopic (exact) mass is 404 g/mol. The maximum Gasteiger partial charge on any atom is 0.270 e. The standard InChI is InChI=1S/C23H20N2O3S/c1-17-11-13-19(14-12-17)24-15-22-23(26)20-9-5-6-10-21(20)25(29(22,27)28)16-18-7-3-2-4-8-18/h2-15,24H,16H2,1H3. The lowest BCUT2D eigenvalue weighted by molar-refractivity contribution is 0.104. The van der Waals surface area contributed by atoms with E-state index < -0.39 is 15.8 Å². The number of anilines is 2. The first-order valence-electron chi connectivity index (χ1n) is 9.20. The zero-order valence-electron chi connectivity index (χ0n) is 15.9. The predicted octanol–water partition coefficient (Wildman–Crippen LogP) is 4.48. The van der Waals surface area contributed by atoms with Crippen molar-refractivity contribution in [1.82, 2.24) is 0 Å². The molecule has 0 aliphatic carbocycles. The highest BCUT2D eigenvalue weighted by Gasteiger charge is 2.39. The molecule has 0 radical (unpaired) electrons. The van der Waals surface area contributed by atoms with Crippen molar-refractivity contribution in [1.29, 1.82) is 0 Å². The van der Waals surface area contributed by atoms with Crippen LogP contribution >= 0.6 is 0 Å². The van der Waals surface area contributed by atoms with Crippen molar-refractivity contribution >= 4 is 27.2 Å². The van der Waals surface area contributed by atoms with Gasteiger partial charge in [0.1, 0.15) is 0 Å². The minimum Gasteiger partial charge on any atom is -0.360 e. The Balaban J connectivity index is 1.77. The molecule has 0 atom stereocenters. The number of carbonyl (C=O) groups excluding carboxylic acids is 1. The summed E-state index contributed by atoms with van der Waals surface area (Å²) in [6.07, 6.45) is 1.29. The van der Waals surface area contributed by atoms with Crippen molar-refractivity contribution in [2.24, 2.45) is 0 Å². The van der Waals surface area contributed by atoms with Crippen LogP contribution in [0.15, 0.2) is 90.0 Å². The van der Waals surface area contributed by atoms with E-state index in [9.17, 15) is 13.2 Å². The first-order chi connectivity index (χ1) is 14.0. The summed E-state index contributed by atoms with van der Waals surface area (Å²) in [5.41, 5.74) is 3.40. The van der Waals surface area contributed by atoms with E-state index in [-0.39, 0.29) is 11.4 Å². The summed E-state index contributed by atoms with van der Waals surface area (Å²) >= 11 is 0. The molecule has 5 nitrogen and oxygen atoms in total. The number of nitrogens with one attached hydrogen (secondary N) is 1. The first kappa shape index (κ1) is 19.0. The van der Waals surface area contributed by atoms with E-state index in [0.717, 1.165) is 11.1 Å². The third kappa shape index (κ3) is 3.67. The zero-order chi connectivity index (χ0) is 20.4. The molecule has 1 N–H and O–H groups in total. The molecule has 0 amide bonds. The predicted molar refractivity (Wildman–Crippen MR) is 115 cm³/mol. The van der Waals surface area contributed by atoms with Crippen LogP contribution in [0.1, 0.15) is 21.5 Å². The van der Waals surface area contributed by atoms with Crippen molar-refractivity contribution in [3.8, 4) is 0 Å². The number of aryl methyl sites for hydroxylation is 1. The van der Waals surface area contributed by atoms with E-state index in [0.29, 0.717) is 16.9 Å². The van der Waals surface area contributed by atoms with Gasteiger partial charge in [0.25, 0.3) is 10.0 Å². The van der Waals surface area contributed by atoms with Crippen LogP contribution in [0.3, 0.4) is 0 Å². The van der Waals surface area contributed by atoms with Gasteiger partial charge in [-0.05, 0) is 36.8 Å². The van der Waals surface area contributed by atoms with Crippen LogP contribution in [-0.2, 0) is 16.6 Å². The molecule has 1 heterocycles. The molecule has 0 fully saturated rings. The van der Waals surface area contributed by atoms with E-state index >= 15 is 0 Å². The molecule has 0 spiro atoms. The number of allylic oxidation sites excluding steroid dienone is 1. The van der Waals surface area contributed by atoms with Crippen LogP contribution in [0.5, 0.6) is 0 Å². The van der Waals surface area contributed by atoms with E-state index in [4.69, 9.17) is 0 Å². The first-order valence-corrected chi connectivity index (χ1v) is 10.6. The van der Waals surface area contributed by atoms with Crippen LogP contribution in [0, 0.1) is 6.92 Å². The molecule has 1 aliphatic heterocycles. The number of Topliss-reactive ketones (excluding diaryl/α,β-unsaturated/α-hetero) is 1. The van der Waals surface area contributed by atoms with E-state index in [1.54, 1.807) is 24.3 Å². The Morgan fingerprint density at radius 1 is 0.897 bits per heavy atom. The fourth-order valence-corrected chi connectivity index (χ4v) is 4.77. The van der Waals surface area contributed by atoms with Gasteiger partial charge < -0.3 is 5.32 Å². The Kier molecular flexibility index (Phi) is 4.94. The summed E-state index contributed by atoms with van der Waals surface area (Å²) in [6, 6.07) is 23.6. The van der Waals surface area contributed by atoms with Crippen molar-refractivity contribution in [2.75, 3.05) is 9.62 Å². The van der Waals surface area contributed by atoms with E-state index in [1.165, 1.54) is 10.5 Å². The number of ketones is 1. The molecule has 0 aromatic heterocycles. The smallest absolute Gasteiger partial charge is 0.270 e. The molecule has 0 unspecified atom stereocenters. The van der Waals surface area contributed by atoms with Gasteiger partial charge in [-0.3, -0.25) is 9.10 Å². The van der Waals surface area contributed by atoms with Crippen LogP contribution in [0.2, 0.25) is 0 Å². The number of carbonyl (C=O) groups is 1. The number of rotatable bonds is 4. The lowest BCUT2D eigenvalue weighted by Gasteiger charge is -2.31. The number of hydrogen-bond donors (Lipinski definition) is 1. The third-order valence-corrected chi connectivity index (χ3v) is 6.56. The number of fused-ring (bicyclic) bond motifs is 1. The van der Waals surface area contributed by atoms with Crippen molar-refractivity contribution < 1.29 is 13.2 Å². The second-order valence-electron chi connectivity index (χ2n) is 6.86. The van der Waals surface area contributed by atoms with Gasteiger partial charge in [-0.2, -0.15) is 0 Å². The summed E-state index contributed by atoms with van der Waals surface area (Å²) in [4.78, 5) is 12.7. The minimum absolute atomic E-state index is 0.148. The SMILES string of the molecule is Cc1ccc(NC=C2C(=O)c3ccccc3N(Cc3ccccc3)S2(=O)=O)cc1. The van der Waals surface area contributed by atoms with E-state index in [2.05, 4.69) is 5.32 Å². The van der Waals surface area contributed by atoms with Crippen molar-refractivity contribution in [3.63, 3.8) is 0 Å². The van der Waals surface area contributed by atoms with Gasteiger partial charge in [0.05, 0.1) is 12.2 Å². The summed E-state index contributed by atoms with van der Waals surface area (Å²) in [6.45, 7) is 2.12. The fraction of sp³-hybridized carbons (Fsp3) is 0.0870. The molecule has 0 bridgehead atoms. The topological polar surface area (TPSA) is 66.5 Å². The lowest BCUT2D eigenvalue weighted by Crippen LogP contribution is -2.39. The Morgan fingerprint density at radius 2 is 1.55 bits per heavy atom. The molecule has 6 heteroatoms. The van der Waals surface area contributed by atoms with Gasteiger partial charge in [-0.15, -0.1) is 0 Å². The molecule has 146 valence electrons. The highest BCUT2D eigenvalue weighted by Crippen LogP contribution is 2.36. The average Bonchev–Trinajstić information content (AvgIpc) is 2.73. The molecule has 29 heavy (non-hydrogen) atoms. The maximum atomic E-state index is 13.4. The van der Waals surface area contributed by atoms with Gasteiger partial charge in [0, 0.05) is 17.5 Å². The van der Waals surface area contributed by atoms with Gasteiger partial charge in [0.15, 0.2) is 4.91 Å². The zero-order valence-corrected chi connectivity index (χ0v) is 16.7.